The zero-order valence-electron chi connectivity index (χ0n) is 36.0. The molecule has 5 aromatic rings. The van der Waals surface area contributed by atoms with Crippen LogP contribution in [0.25, 0.3) is 44.4 Å². The van der Waals surface area contributed by atoms with Crippen molar-refractivity contribution in [3.63, 3.8) is 0 Å². The molecule has 3 heterocycles. The van der Waals surface area contributed by atoms with E-state index in [1.807, 2.05) is 47.7 Å². The summed E-state index contributed by atoms with van der Waals surface area (Å²) >= 11 is 0. The van der Waals surface area contributed by atoms with Gasteiger partial charge in [-0.3, -0.25) is 9.59 Å². The van der Waals surface area contributed by atoms with E-state index < -0.39 is 24.2 Å². The average Bonchev–Trinajstić information content (AvgIpc) is 4.02. The van der Waals surface area contributed by atoms with Crippen molar-refractivity contribution in [3.05, 3.63) is 84.7 Å². The summed E-state index contributed by atoms with van der Waals surface area (Å²) < 4.78 is 15.7. The smallest absolute Gasteiger partial charge is 0.425 e. The van der Waals surface area contributed by atoms with Crippen molar-refractivity contribution in [1.29, 1.82) is 0 Å². The Kier molecular flexibility index (Phi) is 12.8. The molecule has 4 amide bonds. The molecule has 0 bridgehead atoms. The number of amides is 4. The number of nitrogens with zero attached hydrogens (tertiary/aromatic N) is 4. The Labute approximate surface area is 355 Å². The van der Waals surface area contributed by atoms with E-state index in [1.54, 1.807) is 6.20 Å². The number of hydrogen-bond donors (Lipinski definition) is 4. The zero-order chi connectivity index (χ0) is 43.5. The van der Waals surface area contributed by atoms with Gasteiger partial charge in [0.2, 0.25) is 11.8 Å². The molecule has 2 fully saturated rings. The highest BCUT2D eigenvalue weighted by molar-refractivity contribution is 5.91. The van der Waals surface area contributed by atoms with Gasteiger partial charge >= 0.3 is 12.2 Å². The molecule has 1 saturated heterocycles. The molecule has 3 aromatic carbocycles. The van der Waals surface area contributed by atoms with Gasteiger partial charge in [-0.1, -0.05) is 61.4 Å². The van der Waals surface area contributed by atoms with Gasteiger partial charge in [0.25, 0.3) is 0 Å². The highest BCUT2D eigenvalue weighted by Gasteiger charge is 2.49. The van der Waals surface area contributed by atoms with Crippen molar-refractivity contribution < 1.29 is 33.4 Å². The second-order valence-corrected chi connectivity index (χ2v) is 16.6. The normalized spacial score (nSPS) is 21.3. The van der Waals surface area contributed by atoms with Crippen molar-refractivity contribution in [2.24, 2.45) is 11.8 Å². The number of ether oxygens (including phenoxy) is 3. The van der Waals surface area contributed by atoms with Gasteiger partial charge < -0.3 is 24.2 Å². The van der Waals surface area contributed by atoms with Crippen LogP contribution in [0.1, 0.15) is 90.7 Å². The van der Waals surface area contributed by atoms with Gasteiger partial charge in [-0.25, -0.2) is 40.4 Å². The standard InChI is InChI=1S/C46H56N8O7/c1-25(2)53(51-45(57)59-7)43(55)36-12-10-9-11-35(36)41-47-24-38(49-41)34-20-19-32-21-31(17-18-33(32)22-34)29-13-15-30(16-14-29)37-23-48-42(50-37)39-27(5)61-28(6)40(39)44(56)54(26(3)4)52-46(58)60-8/h13-28,35-36,39-40H,9-12H2,1-8H3,(H,47,49)(H,48,50)(H,51,57)(H,52,58)/t27?,28?,35-,36+,39?,40?/m0/s1. The molecule has 0 spiro atoms. The predicted molar refractivity (Wildman–Crippen MR) is 231 cm³/mol. The minimum Gasteiger partial charge on any atom is -0.452 e. The summed E-state index contributed by atoms with van der Waals surface area (Å²) in [5.74, 6) is -0.338. The molecule has 4 unspecified atom stereocenters. The Morgan fingerprint density at radius 2 is 1.18 bits per heavy atom. The van der Waals surface area contributed by atoms with Gasteiger partial charge in [0, 0.05) is 29.5 Å². The van der Waals surface area contributed by atoms with Gasteiger partial charge in [-0.15, -0.1) is 0 Å². The third-order valence-electron chi connectivity index (χ3n) is 12.0. The zero-order valence-corrected chi connectivity index (χ0v) is 36.0. The van der Waals surface area contributed by atoms with Crippen LogP contribution in [0.2, 0.25) is 0 Å². The number of hydrogen-bond acceptors (Lipinski definition) is 9. The van der Waals surface area contributed by atoms with Crippen molar-refractivity contribution in [3.8, 4) is 33.6 Å². The molecule has 0 radical (unpaired) electrons. The number of nitrogens with one attached hydrogen (secondary N) is 4. The first-order chi connectivity index (χ1) is 29.3. The van der Waals surface area contributed by atoms with Crippen LogP contribution in [-0.4, -0.2) is 92.5 Å². The summed E-state index contributed by atoms with van der Waals surface area (Å²) in [5.41, 5.74) is 10.9. The number of rotatable bonds is 9. The third-order valence-corrected chi connectivity index (χ3v) is 12.0. The van der Waals surface area contributed by atoms with E-state index in [0.717, 1.165) is 69.5 Å². The maximum atomic E-state index is 13.8. The Hall–Kier alpha value is -6.22. The highest BCUT2D eigenvalue weighted by Crippen LogP contribution is 2.42. The molecule has 322 valence electrons. The van der Waals surface area contributed by atoms with Gasteiger partial charge in [0.15, 0.2) is 0 Å². The molecule has 6 atom stereocenters. The van der Waals surface area contributed by atoms with E-state index in [0.29, 0.717) is 12.2 Å². The molecule has 1 aliphatic heterocycles. The summed E-state index contributed by atoms with van der Waals surface area (Å²) in [6.45, 7) is 11.2. The lowest BCUT2D eigenvalue weighted by molar-refractivity contribution is -0.143. The van der Waals surface area contributed by atoms with Gasteiger partial charge in [-0.2, -0.15) is 0 Å². The SMILES string of the molecule is COC(=O)NN(C(=O)C1C(C)OC(C)C1c1ncc(-c2ccc(-c3ccc4cc(-c5cnc([C@H]6CCCC[C@H]6C(=O)N(NC(=O)OC)C(C)C)[nH]5)ccc4c3)cc2)[nH]1)C(C)C. The first-order valence-electron chi connectivity index (χ1n) is 21.0. The maximum Gasteiger partial charge on any atom is 0.425 e. The maximum absolute atomic E-state index is 13.8. The van der Waals surface area contributed by atoms with Crippen molar-refractivity contribution in [1.82, 2.24) is 40.8 Å². The number of aromatic amines is 2. The number of fused-ring (bicyclic) bond motifs is 1. The lowest BCUT2D eigenvalue weighted by Gasteiger charge is -2.35. The van der Waals surface area contributed by atoms with Crippen LogP contribution in [0.3, 0.4) is 0 Å². The molecule has 1 aliphatic carbocycles. The lowest BCUT2D eigenvalue weighted by Crippen LogP contribution is -2.53. The molecule has 4 N–H and O–H groups in total. The quantitative estimate of drug-likeness (QED) is 0.107. The monoisotopic (exact) mass is 832 g/mol. The van der Waals surface area contributed by atoms with Crippen LogP contribution in [0.15, 0.2) is 73.1 Å². The number of aromatic nitrogens is 4. The molecule has 1 saturated carbocycles. The van der Waals surface area contributed by atoms with E-state index in [4.69, 9.17) is 24.2 Å². The van der Waals surface area contributed by atoms with Crippen LogP contribution < -0.4 is 10.9 Å². The van der Waals surface area contributed by atoms with Crippen LogP contribution in [0.5, 0.6) is 0 Å². The van der Waals surface area contributed by atoms with Crippen LogP contribution in [-0.2, 0) is 23.8 Å². The van der Waals surface area contributed by atoms with Gasteiger partial charge in [0.05, 0.1) is 62.0 Å². The predicted octanol–water partition coefficient (Wildman–Crippen LogP) is 8.08. The Bertz CT molecular complexity index is 2370. The molecule has 7 rings (SSSR count). The van der Waals surface area contributed by atoms with Gasteiger partial charge in [0.1, 0.15) is 11.6 Å². The summed E-state index contributed by atoms with van der Waals surface area (Å²) in [6.07, 6.45) is 5.02. The van der Waals surface area contributed by atoms with Crippen LogP contribution in [0.4, 0.5) is 9.59 Å². The number of methoxy groups -OCH3 is 2. The molecule has 2 aromatic heterocycles. The lowest BCUT2D eigenvalue weighted by atomic mass is 9.78. The molecular weight excluding hydrogens is 777 g/mol. The summed E-state index contributed by atoms with van der Waals surface area (Å²) in [6, 6.07) is 20.5. The Morgan fingerprint density at radius 1 is 0.672 bits per heavy atom. The number of H-pyrrole nitrogens is 2. The highest BCUT2D eigenvalue weighted by atomic mass is 16.5. The number of carbonyl (C=O) groups excluding carboxylic acids is 4. The number of carbonyl (C=O) groups is 4. The Morgan fingerprint density at radius 3 is 1.80 bits per heavy atom. The molecular formula is C46H56N8O7. The first kappa shape index (κ1) is 42.9. The second kappa shape index (κ2) is 18.2. The number of imidazole rings is 2. The Balaban J connectivity index is 1.05. The topological polar surface area (TPSA) is 184 Å². The van der Waals surface area contributed by atoms with E-state index in [-0.39, 0.29) is 47.8 Å². The number of benzene rings is 3. The molecule has 61 heavy (non-hydrogen) atoms. The third kappa shape index (κ3) is 8.97. The fourth-order valence-electron chi connectivity index (χ4n) is 8.86. The van der Waals surface area contributed by atoms with Crippen molar-refractivity contribution in [2.45, 2.75) is 103 Å². The van der Waals surface area contributed by atoms with Crippen LogP contribution >= 0.6 is 0 Å². The number of hydrazine groups is 2. The molecule has 15 heteroatoms. The van der Waals surface area contributed by atoms with E-state index >= 15 is 0 Å². The molecule has 2 aliphatic rings. The second-order valence-electron chi connectivity index (χ2n) is 16.6. The molecule has 15 nitrogen and oxygen atoms in total. The minimum absolute atomic E-state index is 0.0999. The fraction of sp³-hybridized carbons (Fsp3) is 0.435. The summed E-state index contributed by atoms with van der Waals surface area (Å²) in [7, 11) is 2.54. The van der Waals surface area contributed by atoms with Crippen molar-refractivity contribution in [2.75, 3.05) is 14.2 Å². The largest absolute Gasteiger partial charge is 0.452 e. The minimum atomic E-state index is -0.715. The van der Waals surface area contributed by atoms with Crippen molar-refractivity contribution >= 4 is 34.8 Å². The fourth-order valence-corrected chi connectivity index (χ4v) is 8.86. The van der Waals surface area contributed by atoms with Gasteiger partial charge in [-0.05, 0) is 94.0 Å². The van der Waals surface area contributed by atoms with Crippen LogP contribution in [0, 0.1) is 11.8 Å². The van der Waals surface area contributed by atoms with E-state index in [9.17, 15) is 19.2 Å². The van der Waals surface area contributed by atoms with E-state index in [1.165, 1.54) is 24.2 Å². The summed E-state index contributed by atoms with van der Waals surface area (Å²) in [5, 5.41) is 4.86. The first-order valence-corrected chi connectivity index (χ1v) is 21.0. The van der Waals surface area contributed by atoms with E-state index in [2.05, 4.69) is 81.5 Å². The average molecular weight is 833 g/mol. The summed E-state index contributed by atoms with van der Waals surface area (Å²) in [4.78, 5) is 68.2.